The molecule has 0 spiro atoms. The molecule has 274 valence electrons. The van der Waals surface area contributed by atoms with Crippen molar-refractivity contribution in [3.8, 4) is 11.5 Å². The topological polar surface area (TPSA) is 153 Å². The molecule has 2 heterocycles. The summed E-state index contributed by atoms with van der Waals surface area (Å²) < 4.78 is 21.4. The highest BCUT2D eigenvalue weighted by Crippen LogP contribution is 2.37. The third-order valence-corrected chi connectivity index (χ3v) is 8.76. The SMILES string of the molecule is CC(C)OC(=O)CC(c1ccccc1)c1c(O)c2ccccc2oc1=O.CCC(C)OC(=O)CC(c1ccccc1)c1c(O)c2ccccc2oc1=O. The summed E-state index contributed by atoms with van der Waals surface area (Å²) in [4.78, 5) is 49.9. The van der Waals surface area contributed by atoms with Crippen LogP contribution in [0.25, 0.3) is 21.9 Å². The predicted octanol–water partition coefficient (Wildman–Crippen LogP) is 8.33. The molecule has 53 heavy (non-hydrogen) atoms. The molecule has 0 fully saturated rings. The number of carbonyl (C=O) groups excluding carboxylic acids is 2. The lowest BCUT2D eigenvalue weighted by Gasteiger charge is -2.19. The third kappa shape index (κ3) is 9.20. The van der Waals surface area contributed by atoms with Gasteiger partial charge in [-0.3, -0.25) is 9.59 Å². The van der Waals surface area contributed by atoms with Gasteiger partial charge in [0.2, 0.25) is 0 Å². The summed E-state index contributed by atoms with van der Waals surface area (Å²) >= 11 is 0. The van der Waals surface area contributed by atoms with Gasteiger partial charge < -0.3 is 28.5 Å². The molecule has 4 aromatic carbocycles. The number of hydrogen-bond acceptors (Lipinski definition) is 10. The molecule has 0 saturated heterocycles. The fourth-order valence-electron chi connectivity index (χ4n) is 6.05. The minimum atomic E-state index is -0.664. The quantitative estimate of drug-likeness (QED) is 0.0987. The molecule has 0 aliphatic rings. The van der Waals surface area contributed by atoms with Gasteiger partial charge in [-0.05, 0) is 62.6 Å². The first kappa shape index (κ1) is 38.1. The van der Waals surface area contributed by atoms with Crippen LogP contribution in [0, 0.1) is 0 Å². The monoisotopic (exact) mass is 718 g/mol. The number of para-hydroxylation sites is 2. The Labute approximate surface area is 306 Å². The van der Waals surface area contributed by atoms with E-state index in [4.69, 9.17) is 18.3 Å². The van der Waals surface area contributed by atoms with E-state index >= 15 is 0 Å². The first-order chi connectivity index (χ1) is 25.5. The molecule has 0 amide bonds. The normalized spacial score (nSPS) is 12.8. The Morgan fingerprint density at radius 3 is 1.36 bits per heavy atom. The average molecular weight is 719 g/mol. The lowest BCUT2D eigenvalue weighted by Crippen LogP contribution is -2.21. The molecule has 0 aliphatic carbocycles. The number of benzene rings is 4. The van der Waals surface area contributed by atoms with E-state index in [1.54, 1.807) is 74.5 Å². The maximum Gasteiger partial charge on any atom is 0.343 e. The zero-order chi connectivity index (χ0) is 38.1. The molecule has 6 rings (SSSR count). The van der Waals surface area contributed by atoms with Crippen molar-refractivity contribution < 1.29 is 38.1 Å². The highest BCUT2D eigenvalue weighted by atomic mass is 16.5. The molecule has 3 atom stereocenters. The number of carbonyl (C=O) groups is 2. The van der Waals surface area contributed by atoms with Crippen LogP contribution in [-0.2, 0) is 19.1 Å². The van der Waals surface area contributed by atoms with Crippen molar-refractivity contribution >= 4 is 33.9 Å². The maximum atomic E-state index is 12.6. The lowest BCUT2D eigenvalue weighted by molar-refractivity contribution is -0.149. The highest BCUT2D eigenvalue weighted by Gasteiger charge is 2.29. The van der Waals surface area contributed by atoms with Crippen molar-refractivity contribution in [2.45, 2.75) is 71.0 Å². The predicted molar refractivity (Wildman–Crippen MR) is 201 cm³/mol. The van der Waals surface area contributed by atoms with Crippen LogP contribution >= 0.6 is 0 Å². The second-order valence-electron chi connectivity index (χ2n) is 12.9. The molecular weight excluding hydrogens is 676 g/mol. The van der Waals surface area contributed by atoms with E-state index in [9.17, 15) is 29.4 Å². The fourth-order valence-corrected chi connectivity index (χ4v) is 6.05. The molecule has 0 aliphatic heterocycles. The van der Waals surface area contributed by atoms with Crippen LogP contribution in [0.3, 0.4) is 0 Å². The molecule has 6 aromatic rings. The maximum absolute atomic E-state index is 12.6. The first-order valence-corrected chi connectivity index (χ1v) is 17.5. The molecule has 10 nitrogen and oxygen atoms in total. The van der Waals surface area contributed by atoms with Gasteiger partial charge in [0.1, 0.15) is 22.7 Å². The lowest BCUT2D eigenvalue weighted by atomic mass is 9.88. The molecule has 2 N–H and O–H groups in total. The average Bonchev–Trinajstić information content (AvgIpc) is 3.14. The van der Waals surface area contributed by atoms with Gasteiger partial charge in [0, 0.05) is 11.8 Å². The smallest absolute Gasteiger partial charge is 0.343 e. The number of rotatable bonds is 11. The van der Waals surface area contributed by atoms with Crippen LogP contribution in [0.2, 0.25) is 0 Å². The van der Waals surface area contributed by atoms with Gasteiger partial charge in [-0.1, -0.05) is 91.9 Å². The minimum Gasteiger partial charge on any atom is -0.507 e. The van der Waals surface area contributed by atoms with Crippen molar-refractivity contribution in [1.82, 2.24) is 0 Å². The van der Waals surface area contributed by atoms with E-state index in [1.807, 2.05) is 62.4 Å². The minimum absolute atomic E-state index is 0.0645. The third-order valence-electron chi connectivity index (χ3n) is 8.76. The van der Waals surface area contributed by atoms with Crippen LogP contribution in [0.1, 0.15) is 81.0 Å². The van der Waals surface area contributed by atoms with Crippen LogP contribution in [0.15, 0.2) is 128 Å². The van der Waals surface area contributed by atoms with Crippen LogP contribution in [-0.4, -0.2) is 34.4 Å². The zero-order valence-electron chi connectivity index (χ0n) is 30.0. The molecule has 0 bridgehead atoms. The number of aromatic hydroxyl groups is 2. The van der Waals surface area contributed by atoms with Gasteiger partial charge >= 0.3 is 23.2 Å². The Hall–Kier alpha value is -6.16. The summed E-state index contributed by atoms with van der Waals surface area (Å²) in [5.74, 6) is -2.52. The van der Waals surface area contributed by atoms with Crippen molar-refractivity contribution in [3.05, 3.63) is 152 Å². The summed E-state index contributed by atoms with van der Waals surface area (Å²) in [6, 6.07) is 31.7. The fraction of sp³-hybridized carbons (Fsp3) is 0.256. The number of hydrogen-bond donors (Lipinski definition) is 2. The zero-order valence-corrected chi connectivity index (χ0v) is 30.0. The first-order valence-electron chi connectivity index (χ1n) is 17.5. The second-order valence-corrected chi connectivity index (χ2v) is 12.9. The Morgan fingerprint density at radius 1 is 0.585 bits per heavy atom. The van der Waals surface area contributed by atoms with Crippen molar-refractivity contribution in [2.24, 2.45) is 0 Å². The van der Waals surface area contributed by atoms with Gasteiger partial charge in [-0.2, -0.15) is 0 Å². The van der Waals surface area contributed by atoms with Gasteiger partial charge in [-0.15, -0.1) is 0 Å². The largest absolute Gasteiger partial charge is 0.507 e. The standard InChI is InChI=1S/C22H22O5.C21H20O5/c1-3-14(2)26-19(23)13-17(15-9-5-4-6-10-15)20-21(24)16-11-7-8-12-18(16)27-22(20)25;1-13(2)25-18(22)12-16(14-8-4-3-5-9-14)19-20(23)15-10-6-7-11-17(15)26-21(19)24/h4-12,14,17,24H,3,13H2,1-2H3;3-11,13,16,23H,12H2,1-2H3. The Morgan fingerprint density at radius 2 is 0.962 bits per heavy atom. The van der Waals surface area contributed by atoms with Crippen LogP contribution < -0.4 is 11.3 Å². The highest BCUT2D eigenvalue weighted by molar-refractivity contribution is 5.86. The summed E-state index contributed by atoms with van der Waals surface area (Å²) in [5, 5.41) is 22.4. The molecule has 3 unspecified atom stereocenters. The van der Waals surface area contributed by atoms with Crippen LogP contribution in [0.4, 0.5) is 0 Å². The van der Waals surface area contributed by atoms with Crippen molar-refractivity contribution in [2.75, 3.05) is 0 Å². The van der Waals surface area contributed by atoms with E-state index in [0.29, 0.717) is 28.4 Å². The van der Waals surface area contributed by atoms with Gasteiger partial charge in [-0.25, -0.2) is 9.59 Å². The molecule has 2 aromatic heterocycles. The van der Waals surface area contributed by atoms with Crippen molar-refractivity contribution in [1.29, 1.82) is 0 Å². The van der Waals surface area contributed by atoms with Gasteiger partial charge in [0.05, 0.1) is 46.9 Å². The molecule has 0 radical (unpaired) electrons. The van der Waals surface area contributed by atoms with E-state index < -0.39 is 35.0 Å². The van der Waals surface area contributed by atoms with Crippen molar-refractivity contribution in [3.63, 3.8) is 0 Å². The summed E-state index contributed by atoms with van der Waals surface area (Å²) in [6.07, 6.45) is 0.0886. The molecule has 10 heteroatoms. The van der Waals surface area contributed by atoms with E-state index in [2.05, 4.69) is 0 Å². The molecular formula is C43H42O10. The van der Waals surface area contributed by atoms with Crippen LogP contribution in [0.5, 0.6) is 11.5 Å². The number of fused-ring (bicyclic) bond motifs is 2. The summed E-state index contributed by atoms with van der Waals surface area (Å²) in [5.41, 5.74) is 0.885. The van der Waals surface area contributed by atoms with E-state index in [-0.39, 0.29) is 47.7 Å². The van der Waals surface area contributed by atoms with E-state index in [1.165, 1.54) is 0 Å². The van der Waals surface area contributed by atoms with E-state index in [0.717, 1.165) is 11.1 Å². The number of ether oxygens (including phenoxy) is 2. The molecule has 0 saturated carbocycles. The van der Waals surface area contributed by atoms with Gasteiger partial charge in [0.25, 0.3) is 0 Å². The Bertz CT molecular complexity index is 2290. The second kappa shape index (κ2) is 17.4. The number of esters is 2. The summed E-state index contributed by atoms with van der Waals surface area (Å²) in [7, 11) is 0. The van der Waals surface area contributed by atoms with Gasteiger partial charge in [0.15, 0.2) is 0 Å². The Kier molecular flexibility index (Phi) is 12.5. The Balaban J connectivity index is 0.000000204. The summed E-state index contributed by atoms with van der Waals surface area (Å²) in [6.45, 7) is 7.27.